The lowest BCUT2D eigenvalue weighted by Gasteiger charge is -2.06. The molecule has 0 spiro atoms. The van der Waals surface area contributed by atoms with Crippen LogP contribution in [0.2, 0.25) is 10.0 Å². The first kappa shape index (κ1) is 13.1. The Labute approximate surface area is 116 Å². The van der Waals surface area contributed by atoms with Crippen molar-refractivity contribution in [1.82, 2.24) is 0 Å². The maximum absolute atomic E-state index is 12.2. The predicted molar refractivity (Wildman–Crippen MR) is 75.7 cm³/mol. The molecule has 2 aromatic carbocycles. The molecule has 92 valence electrons. The lowest BCUT2D eigenvalue weighted by atomic mass is 9.99. The maximum atomic E-state index is 12.2. The molecule has 2 rings (SSSR count). The summed E-state index contributed by atoms with van der Waals surface area (Å²) in [7, 11) is 0. The summed E-state index contributed by atoms with van der Waals surface area (Å²) in [6, 6.07) is 12.7. The molecule has 0 saturated carbocycles. The number of carbonyl (C=O) groups excluding carboxylic acids is 1. The van der Waals surface area contributed by atoms with Gasteiger partial charge in [0.1, 0.15) is 0 Å². The van der Waals surface area contributed by atoms with E-state index in [1.54, 1.807) is 24.3 Å². The molecule has 0 aliphatic carbocycles. The van der Waals surface area contributed by atoms with E-state index in [4.69, 9.17) is 23.2 Å². The fourth-order valence-electron chi connectivity index (χ4n) is 1.82. The minimum Gasteiger partial charge on any atom is -0.294 e. The van der Waals surface area contributed by atoms with Gasteiger partial charge in [-0.15, -0.1) is 0 Å². The van der Waals surface area contributed by atoms with Crippen molar-refractivity contribution in [2.24, 2.45) is 0 Å². The molecule has 0 saturated heterocycles. The van der Waals surface area contributed by atoms with Crippen molar-refractivity contribution in [2.75, 3.05) is 0 Å². The molecule has 0 atom stereocenters. The van der Waals surface area contributed by atoms with E-state index in [1.807, 2.05) is 25.1 Å². The van der Waals surface area contributed by atoms with E-state index in [0.29, 0.717) is 22.0 Å². The Morgan fingerprint density at radius 3 is 2.50 bits per heavy atom. The molecule has 18 heavy (non-hydrogen) atoms. The number of halogens is 2. The molecule has 0 aliphatic rings. The Bertz CT molecular complexity index is 591. The number of hydrogen-bond acceptors (Lipinski definition) is 1. The molecular weight excluding hydrogens is 267 g/mol. The fraction of sp³-hybridized carbons (Fsp3) is 0.133. The van der Waals surface area contributed by atoms with Crippen molar-refractivity contribution in [3.8, 4) is 0 Å². The van der Waals surface area contributed by atoms with Crippen LogP contribution in [0.3, 0.4) is 0 Å². The van der Waals surface area contributed by atoms with Crippen molar-refractivity contribution in [2.45, 2.75) is 13.3 Å². The van der Waals surface area contributed by atoms with E-state index in [2.05, 4.69) is 0 Å². The zero-order valence-corrected chi connectivity index (χ0v) is 11.4. The molecule has 3 heteroatoms. The summed E-state index contributed by atoms with van der Waals surface area (Å²) in [6.45, 7) is 1.90. The predicted octanol–water partition coefficient (Wildman–Crippen LogP) is 4.73. The van der Waals surface area contributed by atoms with Gasteiger partial charge in [-0.2, -0.15) is 0 Å². The third-order valence-electron chi connectivity index (χ3n) is 2.75. The van der Waals surface area contributed by atoms with Crippen LogP contribution in [-0.4, -0.2) is 5.78 Å². The zero-order chi connectivity index (χ0) is 13.1. The highest BCUT2D eigenvalue weighted by Crippen LogP contribution is 2.18. The second kappa shape index (κ2) is 5.55. The van der Waals surface area contributed by atoms with Gasteiger partial charge in [-0.1, -0.05) is 41.4 Å². The normalized spacial score (nSPS) is 10.4. The van der Waals surface area contributed by atoms with Gasteiger partial charge in [0.05, 0.1) is 0 Å². The Kier molecular flexibility index (Phi) is 4.05. The van der Waals surface area contributed by atoms with Gasteiger partial charge in [0, 0.05) is 22.0 Å². The van der Waals surface area contributed by atoms with E-state index >= 15 is 0 Å². The molecular formula is C15H12Cl2O. The molecule has 0 N–H and O–H groups in total. The van der Waals surface area contributed by atoms with E-state index in [9.17, 15) is 4.79 Å². The van der Waals surface area contributed by atoms with E-state index < -0.39 is 0 Å². The van der Waals surface area contributed by atoms with E-state index in [-0.39, 0.29) is 5.78 Å². The van der Waals surface area contributed by atoms with E-state index in [0.717, 1.165) is 11.1 Å². The highest BCUT2D eigenvalue weighted by atomic mass is 35.5. The Balaban J connectivity index is 2.24. The van der Waals surface area contributed by atoms with Crippen LogP contribution in [-0.2, 0) is 6.42 Å². The Hall–Kier alpha value is -1.31. The lowest BCUT2D eigenvalue weighted by molar-refractivity contribution is 0.0992. The second-order valence-corrected chi connectivity index (χ2v) is 5.06. The van der Waals surface area contributed by atoms with Gasteiger partial charge < -0.3 is 0 Å². The van der Waals surface area contributed by atoms with Crippen molar-refractivity contribution in [1.29, 1.82) is 0 Å². The highest BCUT2D eigenvalue weighted by Gasteiger charge is 2.10. The molecule has 0 heterocycles. The highest BCUT2D eigenvalue weighted by molar-refractivity contribution is 6.31. The summed E-state index contributed by atoms with van der Waals surface area (Å²) >= 11 is 11.8. The van der Waals surface area contributed by atoms with Crippen LogP contribution in [0.15, 0.2) is 42.5 Å². The molecule has 0 amide bonds. The third-order valence-corrected chi connectivity index (χ3v) is 3.22. The largest absolute Gasteiger partial charge is 0.294 e. The molecule has 1 nitrogen and oxygen atoms in total. The number of Topliss-reactive ketones (excluding diaryl/α,β-unsaturated/α-hetero) is 1. The van der Waals surface area contributed by atoms with Crippen LogP contribution in [0.1, 0.15) is 21.5 Å². The van der Waals surface area contributed by atoms with Crippen LogP contribution in [0.5, 0.6) is 0 Å². The van der Waals surface area contributed by atoms with Crippen molar-refractivity contribution in [3.05, 3.63) is 69.2 Å². The van der Waals surface area contributed by atoms with Crippen molar-refractivity contribution >= 4 is 29.0 Å². The maximum Gasteiger partial charge on any atom is 0.167 e. The van der Waals surface area contributed by atoms with Gasteiger partial charge in [-0.25, -0.2) is 0 Å². The van der Waals surface area contributed by atoms with Crippen LogP contribution in [0.25, 0.3) is 0 Å². The lowest BCUT2D eigenvalue weighted by Crippen LogP contribution is -2.05. The summed E-state index contributed by atoms with van der Waals surface area (Å²) in [6.07, 6.45) is 0.335. The second-order valence-electron chi connectivity index (χ2n) is 4.19. The molecule has 0 radical (unpaired) electrons. The van der Waals surface area contributed by atoms with Crippen molar-refractivity contribution < 1.29 is 4.79 Å². The van der Waals surface area contributed by atoms with Crippen molar-refractivity contribution in [3.63, 3.8) is 0 Å². The fourth-order valence-corrected chi connectivity index (χ4v) is 2.21. The third kappa shape index (κ3) is 3.12. The van der Waals surface area contributed by atoms with Gasteiger partial charge >= 0.3 is 0 Å². The topological polar surface area (TPSA) is 17.1 Å². The SMILES string of the molecule is Cc1ccc(Cl)cc1C(=O)Cc1cccc(Cl)c1. The summed E-state index contributed by atoms with van der Waals surface area (Å²) in [5.41, 5.74) is 2.51. The van der Waals surface area contributed by atoms with Crippen LogP contribution in [0.4, 0.5) is 0 Å². The number of carbonyl (C=O) groups is 1. The smallest absolute Gasteiger partial charge is 0.167 e. The quantitative estimate of drug-likeness (QED) is 0.742. The molecule has 0 bridgehead atoms. The molecule has 2 aromatic rings. The minimum absolute atomic E-state index is 0.0530. The number of hydrogen-bond donors (Lipinski definition) is 0. The number of rotatable bonds is 3. The van der Waals surface area contributed by atoms with Crippen LogP contribution < -0.4 is 0 Å². The first-order valence-electron chi connectivity index (χ1n) is 5.60. The summed E-state index contributed by atoms with van der Waals surface area (Å²) in [4.78, 5) is 12.2. The summed E-state index contributed by atoms with van der Waals surface area (Å²) in [5.74, 6) is 0.0530. The first-order chi connectivity index (χ1) is 8.56. The molecule has 0 fully saturated rings. The van der Waals surface area contributed by atoms with Gasteiger partial charge in [-0.05, 0) is 42.3 Å². The Morgan fingerprint density at radius 2 is 1.78 bits per heavy atom. The van der Waals surface area contributed by atoms with E-state index in [1.165, 1.54) is 0 Å². The summed E-state index contributed by atoms with van der Waals surface area (Å²) in [5, 5.41) is 1.22. The molecule has 0 aliphatic heterocycles. The van der Waals surface area contributed by atoms with Gasteiger partial charge in [-0.3, -0.25) is 4.79 Å². The van der Waals surface area contributed by atoms with Gasteiger partial charge in [0.25, 0.3) is 0 Å². The van der Waals surface area contributed by atoms with Crippen LogP contribution in [0, 0.1) is 6.92 Å². The average molecular weight is 279 g/mol. The number of benzene rings is 2. The first-order valence-corrected chi connectivity index (χ1v) is 6.35. The standard InChI is InChI=1S/C15H12Cl2O/c1-10-5-6-13(17)9-14(10)15(18)8-11-3-2-4-12(16)7-11/h2-7,9H,8H2,1H3. The zero-order valence-electron chi connectivity index (χ0n) is 9.91. The minimum atomic E-state index is 0.0530. The monoisotopic (exact) mass is 278 g/mol. The van der Waals surface area contributed by atoms with Gasteiger partial charge in [0.2, 0.25) is 0 Å². The number of aryl methyl sites for hydroxylation is 1. The molecule has 0 aromatic heterocycles. The van der Waals surface area contributed by atoms with Crippen LogP contribution >= 0.6 is 23.2 Å². The van der Waals surface area contributed by atoms with Gasteiger partial charge in [0.15, 0.2) is 5.78 Å². The Morgan fingerprint density at radius 1 is 1.06 bits per heavy atom. The average Bonchev–Trinajstić information content (AvgIpc) is 2.32. The summed E-state index contributed by atoms with van der Waals surface area (Å²) < 4.78 is 0. The molecule has 0 unspecified atom stereocenters. The number of ketones is 1.